The minimum Gasteiger partial charge on any atom is -0.0654 e. The molecule has 0 aromatic carbocycles. The first-order valence-electron chi connectivity index (χ1n) is 9.97. The van der Waals surface area contributed by atoms with E-state index in [4.69, 9.17) is 0 Å². The van der Waals surface area contributed by atoms with Crippen LogP contribution in [0.3, 0.4) is 0 Å². The lowest BCUT2D eigenvalue weighted by molar-refractivity contribution is 0.208. The zero-order chi connectivity index (χ0) is 15.8. The maximum Gasteiger partial charge on any atom is -0.0357 e. The summed E-state index contributed by atoms with van der Waals surface area (Å²) in [7, 11) is 0. The lowest BCUT2D eigenvalue weighted by Gasteiger charge is -2.29. The number of hydrogen-bond donors (Lipinski definition) is 0. The zero-order valence-corrected chi connectivity index (χ0v) is 15.8. The zero-order valence-electron chi connectivity index (χ0n) is 15.8. The molecule has 0 radical (unpaired) electrons. The molecule has 0 saturated heterocycles. The lowest BCUT2D eigenvalue weighted by atomic mass is 9.77. The minimum atomic E-state index is 0.865. The first kappa shape index (κ1) is 19.0. The Balaban J connectivity index is 2.20. The molecule has 0 nitrogen and oxygen atoms in total. The van der Waals surface area contributed by atoms with Crippen LogP contribution in [0.5, 0.6) is 0 Å². The van der Waals surface area contributed by atoms with Gasteiger partial charge in [0.1, 0.15) is 0 Å². The summed E-state index contributed by atoms with van der Waals surface area (Å²) in [6, 6.07) is 0. The van der Waals surface area contributed by atoms with Crippen molar-refractivity contribution >= 4 is 0 Å². The first-order valence-corrected chi connectivity index (χ1v) is 9.97. The molecule has 0 amide bonds. The van der Waals surface area contributed by atoms with Gasteiger partial charge in [0.25, 0.3) is 0 Å². The summed E-state index contributed by atoms with van der Waals surface area (Å²) in [5, 5.41) is 0. The Morgan fingerprint density at radius 1 is 0.857 bits per heavy atom. The van der Waals surface area contributed by atoms with E-state index in [9.17, 15) is 0 Å². The molecule has 1 aliphatic rings. The van der Waals surface area contributed by atoms with Crippen LogP contribution < -0.4 is 0 Å². The van der Waals surface area contributed by atoms with Gasteiger partial charge in [-0.25, -0.2) is 0 Å². The second kappa shape index (κ2) is 9.90. The Bertz CT molecular complexity index is 255. The molecule has 126 valence electrons. The van der Waals surface area contributed by atoms with Crippen molar-refractivity contribution < 1.29 is 0 Å². The topological polar surface area (TPSA) is 0 Å². The fourth-order valence-corrected chi connectivity index (χ4v) is 4.32. The van der Waals surface area contributed by atoms with Gasteiger partial charge in [0.15, 0.2) is 0 Å². The molecule has 1 aliphatic carbocycles. The predicted molar refractivity (Wildman–Crippen MR) is 96.5 cm³/mol. The second-order valence-corrected chi connectivity index (χ2v) is 8.53. The summed E-state index contributed by atoms with van der Waals surface area (Å²) in [6.45, 7) is 14.7. The molecule has 0 N–H and O–H groups in total. The fourth-order valence-electron chi connectivity index (χ4n) is 4.32. The maximum absolute atomic E-state index is 2.54. The third kappa shape index (κ3) is 7.20. The van der Waals surface area contributed by atoms with Crippen molar-refractivity contribution in [3.8, 4) is 0 Å². The molecule has 1 fully saturated rings. The van der Waals surface area contributed by atoms with Crippen LogP contribution in [0.4, 0.5) is 0 Å². The van der Waals surface area contributed by atoms with E-state index in [1.165, 1.54) is 57.8 Å². The van der Waals surface area contributed by atoms with Gasteiger partial charge < -0.3 is 0 Å². The molecule has 0 aliphatic heterocycles. The highest BCUT2D eigenvalue weighted by Gasteiger charge is 2.40. The maximum atomic E-state index is 2.54. The van der Waals surface area contributed by atoms with Crippen molar-refractivity contribution in [2.24, 2.45) is 35.5 Å². The molecule has 0 aromatic heterocycles. The number of rotatable bonds is 12. The van der Waals surface area contributed by atoms with Crippen LogP contribution in [0.2, 0.25) is 0 Å². The Morgan fingerprint density at radius 3 is 2.00 bits per heavy atom. The Labute approximate surface area is 135 Å². The van der Waals surface area contributed by atoms with Gasteiger partial charge in [-0.3, -0.25) is 0 Å². The van der Waals surface area contributed by atoms with Gasteiger partial charge in [0.05, 0.1) is 0 Å². The van der Waals surface area contributed by atoms with E-state index in [2.05, 4.69) is 41.5 Å². The molecular weight excluding hydrogens is 252 g/mol. The van der Waals surface area contributed by atoms with Gasteiger partial charge >= 0.3 is 0 Å². The minimum absolute atomic E-state index is 0.865. The van der Waals surface area contributed by atoms with E-state index in [0.717, 1.165) is 35.5 Å². The molecule has 5 atom stereocenters. The van der Waals surface area contributed by atoms with E-state index in [1.807, 2.05) is 0 Å². The fraction of sp³-hybridized carbons (Fsp3) is 1.00. The Morgan fingerprint density at radius 2 is 1.48 bits per heavy atom. The molecule has 0 heterocycles. The molecule has 5 unspecified atom stereocenters. The van der Waals surface area contributed by atoms with E-state index >= 15 is 0 Å². The van der Waals surface area contributed by atoms with Crippen molar-refractivity contribution in [2.45, 2.75) is 99.3 Å². The summed E-state index contributed by atoms with van der Waals surface area (Å²) >= 11 is 0. The highest BCUT2D eigenvalue weighted by Crippen LogP contribution is 2.48. The third-order valence-corrected chi connectivity index (χ3v) is 6.17. The van der Waals surface area contributed by atoms with Gasteiger partial charge in [-0.05, 0) is 48.3 Å². The van der Waals surface area contributed by atoms with Crippen LogP contribution in [-0.4, -0.2) is 0 Å². The molecule has 1 saturated carbocycles. The normalized spacial score (nSPS) is 25.9. The molecule has 21 heavy (non-hydrogen) atoms. The van der Waals surface area contributed by atoms with Gasteiger partial charge in [-0.15, -0.1) is 0 Å². The van der Waals surface area contributed by atoms with E-state index in [-0.39, 0.29) is 0 Å². The van der Waals surface area contributed by atoms with Crippen molar-refractivity contribution in [2.75, 3.05) is 0 Å². The van der Waals surface area contributed by atoms with Crippen LogP contribution in [0.1, 0.15) is 99.3 Å². The standard InChI is InChI=1S/C21H42/c1-7-8-9-10-11-12-17(4)13-14-20(16(2)3)19(6)21-15-18(21)5/h16-21H,7-15H2,1-6H3. The average molecular weight is 295 g/mol. The van der Waals surface area contributed by atoms with Gasteiger partial charge in [0.2, 0.25) is 0 Å². The van der Waals surface area contributed by atoms with Gasteiger partial charge in [0, 0.05) is 0 Å². The molecule has 0 spiro atoms. The summed E-state index contributed by atoms with van der Waals surface area (Å²) in [6.07, 6.45) is 13.1. The highest BCUT2D eigenvalue weighted by molar-refractivity contribution is 4.90. The van der Waals surface area contributed by atoms with Gasteiger partial charge in [-0.1, -0.05) is 86.5 Å². The lowest BCUT2D eigenvalue weighted by Crippen LogP contribution is -2.21. The first-order chi connectivity index (χ1) is 9.97. The van der Waals surface area contributed by atoms with Crippen LogP contribution in [0, 0.1) is 35.5 Å². The molecule has 0 heteroatoms. The van der Waals surface area contributed by atoms with E-state index in [0.29, 0.717) is 0 Å². The largest absolute Gasteiger partial charge is 0.0654 e. The van der Waals surface area contributed by atoms with E-state index < -0.39 is 0 Å². The summed E-state index contributed by atoms with van der Waals surface area (Å²) < 4.78 is 0. The number of hydrogen-bond acceptors (Lipinski definition) is 0. The van der Waals surface area contributed by atoms with Crippen molar-refractivity contribution in [3.05, 3.63) is 0 Å². The smallest absolute Gasteiger partial charge is 0.0357 e. The monoisotopic (exact) mass is 294 g/mol. The van der Waals surface area contributed by atoms with Crippen LogP contribution in [0.15, 0.2) is 0 Å². The second-order valence-electron chi connectivity index (χ2n) is 8.53. The third-order valence-electron chi connectivity index (χ3n) is 6.17. The number of unbranched alkanes of at least 4 members (excludes halogenated alkanes) is 4. The SMILES string of the molecule is CCCCCCCC(C)CCC(C(C)C)C(C)C1CC1C. The summed E-state index contributed by atoms with van der Waals surface area (Å²) in [5.41, 5.74) is 0. The summed E-state index contributed by atoms with van der Waals surface area (Å²) in [4.78, 5) is 0. The Kier molecular flexibility index (Phi) is 8.98. The van der Waals surface area contributed by atoms with Crippen molar-refractivity contribution in [1.29, 1.82) is 0 Å². The summed E-state index contributed by atoms with van der Waals surface area (Å²) in [5.74, 6) is 5.78. The molecule has 0 aromatic rings. The average Bonchev–Trinajstić information content (AvgIpc) is 3.15. The Hall–Kier alpha value is 0. The van der Waals surface area contributed by atoms with Crippen molar-refractivity contribution in [3.63, 3.8) is 0 Å². The van der Waals surface area contributed by atoms with E-state index in [1.54, 1.807) is 0 Å². The molecular formula is C21H42. The molecule has 0 bridgehead atoms. The van der Waals surface area contributed by atoms with Gasteiger partial charge in [-0.2, -0.15) is 0 Å². The van der Waals surface area contributed by atoms with Crippen LogP contribution >= 0.6 is 0 Å². The molecule has 1 rings (SSSR count). The van der Waals surface area contributed by atoms with Crippen molar-refractivity contribution in [1.82, 2.24) is 0 Å². The highest BCUT2D eigenvalue weighted by atomic mass is 14.5. The van der Waals surface area contributed by atoms with Crippen LogP contribution in [0.25, 0.3) is 0 Å². The van der Waals surface area contributed by atoms with Crippen LogP contribution in [-0.2, 0) is 0 Å². The quantitative estimate of drug-likeness (QED) is 0.331. The predicted octanol–water partition coefficient (Wildman–Crippen LogP) is 7.33.